The molecule has 22 heavy (non-hydrogen) atoms. The van der Waals surface area contributed by atoms with Gasteiger partial charge in [-0.2, -0.15) is 0 Å². The van der Waals surface area contributed by atoms with Gasteiger partial charge >= 0.3 is 12.4 Å². The van der Waals surface area contributed by atoms with Gasteiger partial charge in [-0.25, -0.2) is 4.79 Å². The average molecular weight is 319 g/mol. The number of ether oxygens (including phenoxy) is 1. The van der Waals surface area contributed by atoms with Crippen LogP contribution in [-0.4, -0.2) is 24.5 Å². The number of hydrogen-bond acceptors (Lipinski definition) is 3. The minimum absolute atomic E-state index is 0.307. The van der Waals surface area contributed by atoms with Crippen LogP contribution >= 0.6 is 0 Å². The Hall–Kier alpha value is -1.96. The lowest BCUT2D eigenvalue weighted by Gasteiger charge is -2.26. The van der Waals surface area contributed by atoms with Crippen molar-refractivity contribution in [1.29, 1.82) is 0 Å². The predicted octanol–water partition coefficient (Wildman–Crippen LogP) is 3.22. The van der Waals surface area contributed by atoms with E-state index in [4.69, 9.17) is 5.73 Å². The fraction of sp³-hybridized carbons (Fsp3) is 0.500. The summed E-state index contributed by atoms with van der Waals surface area (Å²) in [6.45, 7) is 4.17. The van der Waals surface area contributed by atoms with Gasteiger partial charge in [-0.1, -0.05) is 13.8 Å². The molecule has 1 aromatic rings. The van der Waals surface area contributed by atoms with E-state index in [9.17, 15) is 18.0 Å². The minimum atomic E-state index is -4.74. The molecule has 0 radical (unpaired) electrons. The Labute approximate surface area is 127 Å². The Balaban J connectivity index is 2.51. The van der Waals surface area contributed by atoms with Crippen LogP contribution in [0.5, 0.6) is 5.75 Å². The van der Waals surface area contributed by atoms with Crippen molar-refractivity contribution in [3.05, 3.63) is 24.3 Å². The molecule has 4 N–H and O–H groups in total. The number of urea groups is 1. The second kappa shape index (κ2) is 7.35. The first-order chi connectivity index (χ1) is 10.2. The summed E-state index contributed by atoms with van der Waals surface area (Å²) in [4.78, 5) is 11.7. The summed E-state index contributed by atoms with van der Waals surface area (Å²) in [5.41, 5.74) is 5.93. The van der Waals surface area contributed by atoms with Crippen LogP contribution in [0.1, 0.15) is 26.7 Å². The van der Waals surface area contributed by atoms with Gasteiger partial charge in [0.15, 0.2) is 0 Å². The molecule has 5 nitrogen and oxygen atoms in total. The summed E-state index contributed by atoms with van der Waals surface area (Å²) in [5, 5.41) is 5.15. The molecule has 0 saturated heterocycles. The fourth-order valence-corrected chi connectivity index (χ4v) is 1.67. The molecule has 8 heteroatoms. The second-order valence-electron chi connectivity index (χ2n) is 4.95. The molecule has 0 aliphatic carbocycles. The Bertz CT molecular complexity index is 485. The third-order valence-electron chi connectivity index (χ3n) is 3.36. The van der Waals surface area contributed by atoms with Gasteiger partial charge in [0, 0.05) is 17.8 Å². The second-order valence-corrected chi connectivity index (χ2v) is 4.95. The molecule has 0 saturated carbocycles. The smallest absolute Gasteiger partial charge is 0.406 e. The molecule has 0 unspecified atom stereocenters. The number of hydrogen-bond donors (Lipinski definition) is 3. The van der Waals surface area contributed by atoms with E-state index in [-0.39, 0.29) is 5.75 Å². The van der Waals surface area contributed by atoms with Gasteiger partial charge in [0.05, 0.1) is 0 Å². The Morgan fingerprint density at radius 2 is 1.73 bits per heavy atom. The highest BCUT2D eigenvalue weighted by molar-refractivity contribution is 5.89. The van der Waals surface area contributed by atoms with Gasteiger partial charge in [0.1, 0.15) is 5.75 Å². The third-order valence-corrected chi connectivity index (χ3v) is 3.36. The highest BCUT2D eigenvalue weighted by atomic mass is 19.4. The molecule has 0 fully saturated rings. The van der Waals surface area contributed by atoms with Crippen LogP contribution in [0.15, 0.2) is 24.3 Å². The van der Waals surface area contributed by atoms with Crippen molar-refractivity contribution < 1.29 is 22.7 Å². The van der Waals surface area contributed by atoms with Crippen LogP contribution in [0.2, 0.25) is 0 Å². The Morgan fingerprint density at radius 3 is 2.18 bits per heavy atom. The maximum Gasteiger partial charge on any atom is 0.573 e. The predicted molar refractivity (Wildman–Crippen MR) is 77.6 cm³/mol. The first kappa shape index (κ1) is 18.1. The third kappa shape index (κ3) is 6.21. The van der Waals surface area contributed by atoms with Gasteiger partial charge in [-0.15, -0.1) is 13.2 Å². The van der Waals surface area contributed by atoms with E-state index in [0.717, 1.165) is 12.1 Å². The zero-order valence-electron chi connectivity index (χ0n) is 12.5. The molecule has 0 aliphatic rings. The van der Waals surface area contributed by atoms with E-state index in [2.05, 4.69) is 15.4 Å². The lowest BCUT2D eigenvalue weighted by Crippen LogP contribution is -2.50. The highest BCUT2D eigenvalue weighted by Crippen LogP contribution is 2.23. The molecule has 124 valence electrons. The first-order valence-electron chi connectivity index (χ1n) is 6.87. The molecular formula is C14H20F3N3O2. The normalized spacial score (nSPS) is 11.9. The summed E-state index contributed by atoms with van der Waals surface area (Å²) >= 11 is 0. The van der Waals surface area contributed by atoms with E-state index in [0.29, 0.717) is 25.1 Å². The van der Waals surface area contributed by atoms with Crippen molar-refractivity contribution in [3.8, 4) is 5.75 Å². The molecule has 1 rings (SSSR count). The standard InChI is InChI=1S/C14H20F3N3O2/c1-3-13(18,4-2)9-19-12(21)20-10-5-7-11(8-6-10)22-14(15,16)17/h5-8H,3-4,9,18H2,1-2H3,(H2,19,20,21). The maximum absolute atomic E-state index is 12.0. The van der Waals surface area contributed by atoms with E-state index < -0.39 is 17.9 Å². The molecule has 1 aromatic carbocycles. The molecule has 0 spiro atoms. The molecular weight excluding hydrogens is 299 g/mol. The van der Waals surface area contributed by atoms with E-state index in [1.54, 1.807) is 0 Å². The van der Waals surface area contributed by atoms with Crippen LogP contribution in [0.4, 0.5) is 23.7 Å². The van der Waals surface area contributed by atoms with Crippen LogP contribution in [-0.2, 0) is 0 Å². The largest absolute Gasteiger partial charge is 0.573 e. The van der Waals surface area contributed by atoms with Gasteiger partial charge in [0.2, 0.25) is 0 Å². The first-order valence-corrected chi connectivity index (χ1v) is 6.87. The van der Waals surface area contributed by atoms with Crippen LogP contribution < -0.4 is 21.1 Å². The SMILES string of the molecule is CCC(N)(CC)CNC(=O)Nc1ccc(OC(F)(F)F)cc1. The van der Waals surface area contributed by atoms with Crippen LogP contribution in [0, 0.1) is 0 Å². The number of carbonyl (C=O) groups excluding carboxylic acids is 1. The zero-order chi connectivity index (χ0) is 16.8. The number of alkyl halides is 3. The number of anilines is 1. The monoisotopic (exact) mass is 319 g/mol. The van der Waals surface area contributed by atoms with Crippen molar-refractivity contribution >= 4 is 11.7 Å². The fourth-order valence-electron chi connectivity index (χ4n) is 1.67. The molecule has 2 amide bonds. The van der Waals surface area contributed by atoms with Gasteiger partial charge in [-0.3, -0.25) is 0 Å². The Morgan fingerprint density at radius 1 is 1.18 bits per heavy atom. The number of nitrogens with two attached hydrogens (primary N) is 1. The summed E-state index contributed by atoms with van der Waals surface area (Å²) < 4.78 is 39.8. The van der Waals surface area contributed by atoms with Crippen molar-refractivity contribution in [2.24, 2.45) is 5.73 Å². The Kier molecular flexibility index (Phi) is 6.04. The maximum atomic E-state index is 12.0. The number of carbonyl (C=O) groups is 1. The summed E-state index contributed by atoms with van der Waals surface area (Å²) in [5.74, 6) is -0.351. The number of rotatable bonds is 6. The van der Waals surface area contributed by atoms with Crippen molar-refractivity contribution in [2.45, 2.75) is 38.6 Å². The minimum Gasteiger partial charge on any atom is -0.406 e. The van der Waals surface area contributed by atoms with E-state index in [1.165, 1.54) is 12.1 Å². The number of nitrogens with one attached hydrogen (secondary N) is 2. The van der Waals surface area contributed by atoms with Gasteiger partial charge in [-0.05, 0) is 37.1 Å². The van der Waals surface area contributed by atoms with E-state index in [1.807, 2.05) is 13.8 Å². The molecule has 0 aromatic heterocycles. The molecule has 0 bridgehead atoms. The molecule has 0 atom stereocenters. The zero-order valence-corrected chi connectivity index (χ0v) is 12.5. The summed E-state index contributed by atoms with van der Waals surface area (Å²) in [6.07, 6.45) is -3.31. The van der Waals surface area contributed by atoms with Crippen molar-refractivity contribution in [2.75, 3.05) is 11.9 Å². The summed E-state index contributed by atoms with van der Waals surface area (Å²) in [6, 6.07) is 4.40. The van der Waals surface area contributed by atoms with Crippen molar-refractivity contribution in [1.82, 2.24) is 5.32 Å². The van der Waals surface area contributed by atoms with Crippen molar-refractivity contribution in [3.63, 3.8) is 0 Å². The summed E-state index contributed by atoms with van der Waals surface area (Å²) in [7, 11) is 0. The lowest BCUT2D eigenvalue weighted by atomic mass is 9.94. The number of benzene rings is 1. The molecule has 0 heterocycles. The number of halogens is 3. The quantitative estimate of drug-likeness (QED) is 0.753. The van der Waals surface area contributed by atoms with Crippen LogP contribution in [0.3, 0.4) is 0 Å². The topological polar surface area (TPSA) is 76.4 Å². The van der Waals surface area contributed by atoms with E-state index >= 15 is 0 Å². The highest BCUT2D eigenvalue weighted by Gasteiger charge is 2.31. The average Bonchev–Trinajstić information content (AvgIpc) is 2.45. The lowest BCUT2D eigenvalue weighted by molar-refractivity contribution is -0.274. The number of amides is 2. The molecule has 0 aliphatic heterocycles. The van der Waals surface area contributed by atoms with Gasteiger partial charge in [0.25, 0.3) is 0 Å². The van der Waals surface area contributed by atoms with Crippen LogP contribution in [0.25, 0.3) is 0 Å². The van der Waals surface area contributed by atoms with Gasteiger partial charge < -0.3 is 21.1 Å².